The van der Waals surface area contributed by atoms with E-state index in [0.717, 1.165) is 5.56 Å². The maximum Gasteiger partial charge on any atom is 0.413 e. The predicted octanol–water partition coefficient (Wildman–Crippen LogP) is 2.09. The number of para-hydroxylation sites is 1. The van der Waals surface area contributed by atoms with Gasteiger partial charge < -0.3 is 20.1 Å². The van der Waals surface area contributed by atoms with Crippen LogP contribution in [0.25, 0.3) is 5.53 Å². The minimum absolute atomic E-state index is 0.0777. The van der Waals surface area contributed by atoms with Gasteiger partial charge in [-0.1, -0.05) is 12.1 Å². The molecule has 0 aliphatic heterocycles. The number of phenols is 1. The molecule has 0 aromatic heterocycles. The van der Waals surface area contributed by atoms with Crippen LogP contribution in [0.5, 0.6) is 11.5 Å². The molecule has 6 nitrogen and oxygen atoms in total. The Morgan fingerprint density at radius 1 is 1.45 bits per heavy atom. The van der Waals surface area contributed by atoms with Gasteiger partial charge in [-0.25, -0.2) is 4.79 Å². The van der Waals surface area contributed by atoms with Gasteiger partial charge in [-0.2, -0.15) is 4.79 Å². The smallest absolute Gasteiger partial charge is 0.413 e. The molecule has 0 bridgehead atoms. The molecule has 0 amide bonds. The highest BCUT2D eigenvalue weighted by Crippen LogP contribution is 2.30. The van der Waals surface area contributed by atoms with Crippen LogP contribution in [0.2, 0.25) is 0 Å². The van der Waals surface area contributed by atoms with Gasteiger partial charge in [0.2, 0.25) is 0 Å². The molecule has 0 saturated heterocycles. The molecule has 20 heavy (non-hydrogen) atoms. The minimum Gasteiger partial charge on any atom is -0.504 e. The summed E-state index contributed by atoms with van der Waals surface area (Å²) < 4.78 is 10.6. The second kappa shape index (κ2) is 7.31. The Morgan fingerprint density at radius 2 is 2.15 bits per heavy atom. The number of hydrogen-bond acceptors (Lipinski definition) is 4. The number of rotatable bonds is 6. The molecule has 108 valence electrons. The van der Waals surface area contributed by atoms with Crippen molar-refractivity contribution >= 4 is 12.2 Å². The number of benzene rings is 1. The molecule has 0 fully saturated rings. The Hall–Kier alpha value is -2.33. The van der Waals surface area contributed by atoms with Crippen molar-refractivity contribution in [2.75, 3.05) is 0 Å². The number of aryl methyl sites for hydroxylation is 1. The molecule has 0 aliphatic carbocycles. The third kappa shape index (κ3) is 4.74. The van der Waals surface area contributed by atoms with Crippen LogP contribution in [0, 0.1) is 6.92 Å². The summed E-state index contributed by atoms with van der Waals surface area (Å²) in [6.07, 6.45) is 0.478. The Morgan fingerprint density at radius 3 is 2.75 bits per heavy atom. The fraction of sp³-hybridized carbons (Fsp3) is 0.429. The molecule has 1 aromatic carbocycles. The summed E-state index contributed by atoms with van der Waals surface area (Å²) in [5.41, 5.74) is 9.03. The van der Waals surface area contributed by atoms with E-state index in [2.05, 4.69) is 4.79 Å². The molecule has 0 radical (unpaired) electrons. The summed E-state index contributed by atoms with van der Waals surface area (Å²) in [7, 11) is 0. The Bertz CT molecular complexity index is 504. The molecule has 2 atom stereocenters. The van der Waals surface area contributed by atoms with E-state index in [1.165, 1.54) is 0 Å². The fourth-order valence-corrected chi connectivity index (χ4v) is 1.83. The molecule has 0 aliphatic rings. The van der Waals surface area contributed by atoms with Gasteiger partial charge in [0.15, 0.2) is 11.5 Å². The van der Waals surface area contributed by atoms with Crippen LogP contribution in [-0.4, -0.2) is 34.3 Å². The number of phenolic OH excluding ortho intramolecular Hbond substituents is 1. The van der Waals surface area contributed by atoms with E-state index in [9.17, 15) is 9.90 Å². The zero-order valence-corrected chi connectivity index (χ0v) is 11.7. The third-order valence-corrected chi connectivity index (χ3v) is 2.65. The van der Waals surface area contributed by atoms with Crippen LogP contribution in [0.4, 0.5) is 0 Å². The van der Waals surface area contributed by atoms with Crippen LogP contribution in [0.15, 0.2) is 18.2 Å². The number of nitrogens with zero attached hydrogens (tertiary/aromatic N) is 2. The SMILES string of the molecule is Cc1cccc(O)c1O[C@@H](C)C[C@@H](C)OC(=O)C=[N+]=[N-]. The molecule has 0 unspecified atom stereocenters. The average Bonchev–Trinajstić information content (AvgIpc) is 2.34. The molecule has 0 spiro atoms. The van der Waals surface area contributed by atoms with Crippen LogP contribution in [0.3, 0.4) is 0 Å². The van der Waals surface area contributed by atoms with Crippen molar-refractivity contribution in [2.24, 2.45) is 0 Å². The standard InChI is InChI=1S/C14H18N2O4/c1-9-5-4-6-12(17)14(9)20-11(3)7-10(2)19-13(18)8-16-15/h4-6,8,10-11,17H,7H2,1-3H3/t10-,11+/m1/s1. The minimum atomic E-state index is -0.717. The van der Waals surface area contributed by atoms with Crippen molar-refractivity contribution in [3.8, 4) is 11.5 Å². The van der Waals surface area contributed by atoms with Crippen molar-refractivity contribution in [1.82, 2.24) is 0 Å². The first-order valence-electron chi connectivity index (χ1n) is 6.27. The van der Waals surface area contributed by atoms with Crippen LogP contribution in [0.1, 0.15) is 25.8 Å². The Labute approximate surface area is 117 Å². The number of aromatic hydroxyl groups is 1. The lowest BCUT2D eigenvalue weighted by Crippen LogP contribution is -2.24. The Kier molecular flexibility index (Phi) is 5.74. The summed E-state index contributed by atoms with van der Waals surface area (Å²) in [6.45, 7) is 5.36. The van der Waals surface area contributed by atoms with Crippen LogP contribution in [-0.2, 0) is 9.53 Å². The zero-order valence-electron chi connectivity index (χ0n) is 11.7. The van der Waals surface area contributed by atoms with Gasteiger partial charge >= 0.3 is 12.2 Å². The van der Waals surface area contributed by atoms with Gasteiger partial charge in [0.25, 0.3) is 0 Å². The topological polar surface area (TPSA) is 92.2 Å². The van der Waals surface area contributed by atoms with E-state index in [4.69, 9.17) is 15.0 Å². The van der Waals surface area contributed by atoms with Gasteiger partial charge in [0.1, 0.15) is 6.10 Å². The quantitative estimate of drug-likeness (QED) is 0.373. The first-order valence-corrected chi connectivity index (χ1v) is 6.27. The molecule has 0 heterocycles. The highest BCUT2D eigenvalue weighted by atomic mass is 16.5. The van der Waals surface area contributed by atoms with Gasteiger partial charge in [-0.05, 0) is 32.4 Å². The molecular weight excluding hydrogens is 260 g/mol. The normalized spacial score (nSPS) is 12.9. The predicted molar refractivity (Wildman–Crippen MR) is 72.8 cm³/mol. The third-order valence-electron chi connectivity index (χ3n) is 2.65. The van der Waals surface area contributed by atoms with Crippen LogP contribution < -0.4 is 4.74 Å². The average molecular weight is 278 g/mol. The fourth-order valence-electron chi connectivity index (χ4n) is 1.83. The first-order chi connectivity index (χ1) is 9.43. The maximum absolute atomic E-state index is 11.1. The first kappa shape index (κ1) is 15.7. The van der Waals surface area contributed by atoms with Crippen molar-refractivity contribution < 1.29 is 24.2 Å². The molecule has 0 saturated carbocycles. The molecule has 6 heteroatoms. The molecule has 1 N–H and O–H groups in total. The second-order valence-corrected chi connectivity index (χ2v) is 4.58. The van der Waals surface area contributed by atoms with Crippen molar-refractivity contribution in [1.29, 1.82) is 0 Å². The van der Waals surface area contributed by atoms with E-state index < -0.39 is 12.1 Å². The number of carbonyl (C=O) groups excluding carboxylic acids is 1. The van der Waals surface area contributed by atoms with Crippen molar-refractivity contribution in [3.05, 3.63) is 29.3 Å². The monoisotopic (exact) mass is 278 g/mol. The molecule has 1 rings (SSSR count). The van der Waals surface area contributed by atoms with Gasteiger partial charge in [0.05, 0.1) is 6.10 Å². The number of esters is 1. The lowest BCUT2D eigenvalue weighted by molar-refractivity contribution is -0.144. The summed E-state index contributed by atoms with van der Waals surface area (Å²) >= 11 is 0. The number of ether oxygens (including phenoxy) is 2. The van der Waals surface area contributed by atoms with Crippen molar-refractivity contribution in [2.45, 2.75) is 39.4 Å². The molecular formula is C14H18N2O4. The maximum atomic E-state index is 11.1. The summed E-state index contributed by atoms with van der Waals surface area (Å²) in [4.78, 5) is 13.7. The zero-order chi connectivity index (χ0) is 15.1. The largest absolute Gasteiger partial charge is 0.504 e. The van der Waals surface area contributed by atoms with E-state index >= 15 is 0 Å². The van der Waals surface area contributed by atoms with E-state index in [1.807, 2.05) is 19.9 Å². The molecule has 1 aromatic rings. The number of hydrogen-bond donors (Lipinski definition) is 1. The van der Waals surface area contributed by atoms with Crippen LogP contribution >= 0.6 is 0 Å². The lowest BCUT2D eigenvalue weighted by Gasteiger charge is -2.20. The number of carbonyl (C=O) groups is 1. The van der Waals surface area contributed by atoms with E-state index in [0.29, 0.717) is 18.4 Å². The Balaban J connectivity index is 2.57. The summed E-state index contributed by atoms with van der Waals surface area (Å²) in [5.74, 6) is -0.213. The highest BCUT2D eigenvalue weighted by molar-refractivity contribution is 6.20. The van der Waals surface area contributed by atoms with Gasteiger partial charge in [0, 0.05) is 6.42 Å². The van der Waals surface area contributed by atoms with Gasteiger partial charge in [-0.15, -0.1) is 0 Å². The highest BCUT2D eigenvalue weighted by Gasteiger charge is 2.17. The van der Waals surface area contributed by atoms with Crippen molar-refractivity contribution in [3.63, 3.8) is 0 Å². The van der Waals surface area contributed by atoms with Gasteiger partial charge in [-0.3, -0.25) is 0 Å². The summed E-state index contributed by atoms with van der Waals surface area (Å²) in [5, 5.41) is 9.73. The summed E-state index contributed by atoms with van der Waals surface area (Å²) in [6, 6.07) is 5.12. The lowest BCUT2D eigenvalue weighted by atomic mass is 10.1. The second-order valence-electron chi connectivity index (χ2n) is 4.58. The van der Waals surface area contributed by atoms with E-state index in [1.54, 1.807) is 19.1 Å². The van der Waals surface area contributed by atoms with E-state index in [-0.39, 0.29) is 11.9 Å².